The Bertz CT molecular complexity index is 547. The summed E-state index contributed by atoms with van der Waals surface area (Å²) in [5.41, 5.74) is -0.496. The molecule has 2 heterocycles. The van der Waals surface area contributed by atoms with Gasteiger partial charge in [0.1, 0.15) is 12.4 Å². The van der Waals surface area contributed by atoms with Gasteiger partial charge < -0.3 is 14.3 Å². The minimum absolute atomic E-state index is 0.0115. The molecule has 0 unspecified atom stereocenters. The van der Waals surface area contributed by atoms with E-state index in [-0.39, 0.29) is 31.6 Å². The number of hydrogen-bond acceptors (Lipinski definition) is 5. The average Bonchev–Trinajstić information content (AvgIpc) is 3.12. The van der Waals surface area contributed by atoms with Crippen molar-refractivity contribution in [3.8, 4) is 0 Å². The van der Waals surface area contributed by atoms with Gasteiger partial charge in [-0.25, -0.2) is 0 Å². The second-order valence-electron chi connectivity index (χ2n) is 6.58. The summed E-state index contributed by atoms with van der Waals surface area (Å²) in [7, 11) is 0. The number of imide groups is 1. The molecule has 1 aliphatic carbocycles. The first-order chi connectivity index (χ1) is 11.1. The first-order valence-electron chi connectivity index (χ1n) is 8.24. The Labute approximate surface area is 135 Å². The number of furan rings is 1. The lowest BCUT2D eigenvalue weighted by molar-refractivity contribution is -0.144. The fraction of sp³-hybridized carbons (Fsp3) is 0.647. The van der Waals surface area contributed by atoms with Gasteiger partial charge in [-0.2, -0.15) is 0 Å². The predicted molar refractivity (Wildman–Crippen MR) is 81.2 cm³/mol. The lowest BCUT2D eigenvalue weighted by Gasteiger charge is -2.30. The maximum absolute atomic E-state index is 12.6. The number of carbonyl (C=O) groups excluding carboxylic acids is 2. The molecule has 1 aromatic rings. The summed E-state index contributed by atoms with van der Waals surface area (Å²) in [5, 5.41) is 10.1. The van der Waals surface area contributed by atoms with Crippen molar-refractivity contribution in [2.45, 2.75) is 51.2 Å². The SMILES string of the molecule is O=C1CC2(CCCCC2)C(=O)N1C[C@@H](O)COCc1ccco1. The zero-order valence-corrected chi connectivity index (χ0v) is 13.2. The normalized spacial score (nSPS) is 22.0. The van der Waals surface area contributed by atoms with E-state index in [1.54, 1.807) is 18.4 Å². The van der Waals surface area contributed by atoms with E-state index in [2.05, 4.69) is 0 Å². The Morgan fingerprint density at radius 3 is 2.78 bits per heavy atom. The molecule has 1 saturated heterocycles. The van der Waals surface area contributed by atoms with E-state index >= 15 is 0 Å². The second kappa shape index (κ2) is 6.84. The summed E-state index contributed by atoms with van der Waals surface area (Å²) >= 11 is 0. The number of aliphatic hydroxyl groups excluding tert-OH is 1. The third kappa shape index (κ3) is 3.48. The number of amides is 2. The summed E-state index contributed by atoms with van der Waals surface area (Å²) in [5.74, 6) is 0.404. The van der Waals surface area contributed by atoms with Crippen LogP contribution < -0.4 is 0 Å². The molecule has 23 heavy (non-hydrogen) atoms. The van der Waals surface area contributed by atoms with Crippen LogP contribution in [0.15, 0.2) is 22.8 Å². The highest BCUT2D eigenvalue weighted by atomic mass is 16.5. The van der Waals surface area contributed by atoms with E-state index in [1.165, 1.54) is 4.90 Å². The summed E-state index contributed by atoms with van der Waals surface area (Å²) < 4.78 is 10.5. The second-order valence-corrected chi connectivity index (χ2v) is 6.58. The van der Waals surface area contributed by atoms with E-state index in [0.29, 0.717) is 12.2 Å². The van der Waals surface area contributed by atoms with Gasteiger partial charge in [0.25, 0.3) is 0 Å². The fourth-order valence-corrected chi connectivity index (χ4v) is 3.62. The average molecular weight is 321 g/mol. The molecule has 1 aliphatic heterocycles. The quantitative estimate of drug-likeness (QED) is 0.809. The van der Waals surface area contributed by atoms with Gasteiger partial charge in [0.05, 0.1) is 30.9 Å². The van der Waals surface area contributed by atoms with Gasteiger partial charge in [0.2, 0.25) is 11.8 Å². The number of β-amino-alcohol motifs (C(OH)–C–C–N with tert-alkyl or cyclic N) is 1. The van der Waals surface area contributed by atoms with E-state index in [4.69, 9.17) is 9.15 Å². The van der Waals surface area contributed by atoms with Crippen molar-refractivity contribution in [2.75, 3.05) is 13.2 Å². The number of nitrogens with zero attached hydrogens (tertiary/aromatic N) is 1. The van der Waals surface area contributed by atoms with Crippen LogP contribution in [0.4, 0.5) is 0 Å². The number of hydrogen-bond donors (Lipinski definition) is 1. The number of carbonyl (C=O) groups is 2. The molecule has 1 aromatic heterocycles. The van der Waals surface area contributed by atoms with Crippen LogP contribution in [-0.2, 0) is 20.9 Å². The van der Waals surface area contributed by atoms with Crippen molar-refractivity contribution < 1.29 is 23.8 Å². The summed E-state index contributed by atoms with van der Waals surface area (Å²) in [6, 6.07) is 3.55. The minimum Gasteiger partial charge on any atom is -0.467 e. The fourth-order valence-electron chi connectivity index (χ4n) is 3.62. The van der Waals surface area contributed by atoms with Crippen molar-refractivity contribution in [3.05, 3.63) is 24.2 Å². The lowest BCUT2D eigenvalue weighted by atomic mass is 9.73. The Balaban J connectivity index is 1.50. The molecule has 0 bridgehead atoms. The van der Waals surface area contributed by atoms with Crippen LogP contribution in [0, 0.1) is 5.41 Å². The molecule has 0 aromatic carbocycles. The van der Waals surface area contributed by atoms with Crippen molar-refractivity contribution >= 4 is 11.8 Å². The molecular weight excluding hydrogens is 298 g/mol. The standard InChI is InChI=1S/C17H23NO5/c19-13(11-22-12-14-5-4-8-23-14)10-18-15(20)9-17(16(18)21)6-2-1-3-7-17/h4-5,8,13,19H,1-3,6-7,9-12H2/t13-/m1/s1. The van der Waals surface area contributed by atoms with Crippen LogP contribution in [0.2, 0.25) is 0 Å². The third-order valence-corrected chi connectivity index (χ3v) is 4.83. The Morgan fingerprint density at radius 2 is 2.09 bits per heavy atom. The molecule has 6 nitrogen and oxygen atoms in total. The molecule has 1 spiro atoms. The molecule has 1 saturated carbocycles. The first-order valence-corrected chi connectivity index (χ1v) is 8.24. The van der Waals surface area contributed by atoms with E-state index in [0.717, 1.165) is 32.1 Å². The molecule has 2 amide bonds. The highest BCUT2D eigenvalue weighted by molar-refractivity contribution is 6.05. The largest absolute Gasteiger partial charge is 0.467 e. The van der Waals surface area contributed by atoms with Gasteiger partial charge >= 0.3 is 0 Å². The third-order valence-electron chi connectivity index (χ3n) is 4.83. The summed E-state index contributed by atoms with van der Waals surface area (Å²) in [4.78, 5) is 26.0. The van der Waals surface area contributed by atoms with Crippen LogP contribution in [0.25, 0.3) is 0 Å². The molecular formula is C17H23NO5. The Morgan fingerprint density at radius 1 is 1.30 bits per heavy atom. The maximum atomic E-state index is 12.6. The highest BCUT2D eigenvalue weighted by Crippen LogP contribution is 2.45. The molecule has 2 fully saturated rings. The van der Waals surface area contributed by atoms with Gasteiger partial charge in [-0.15, -0.1) is 0 Å². The van der Waals surface area contributed by atoms with Gasteiger partial charge in [0.15, 0.2) is 0 Å². The zero-order valence-electron chi connectivity index (χ0n) is 13.2. The topological polar surface area (TPSA) is 80.0 Å². The molecule has 1 atom stereocenters. The molecule has 0 radical (unpaired) electrons. The van der Waals surface area contributed by atoms with E-state index < -0.39 is 11.5 Å². The minimum atomic E-state index is -0.878. The summed E-state index contributed by atoms with van der Waals surface area (Å²) in [6.45, 7) is 0.332. The Kier molecular flexibility index (Phi) is 4.82. The Hall–Kier alpha value is -1.66. The van der Waals surface area contributed by atoms with Gasteiger partial charge in [0, 0.05) is 6.42 Å². The van der Waals surface area contributed by atoms with Crippen LogP contribution in [-0.4, -0.2) is 41.1 Å². The van der Waals surface area contributed by atoms with Crippen LogP contribution in [0.5, 0.6) is 0 Å². The van der Waals surface area contributed by atoms with Crippen molar-refractivity contribution in [3.63, 3.8) is 0 Å². The number of ether oxygens (including phenoxy) is 1. The van der Waals surface area contributed by atoms with Crippen LogP contribution in [0.1, 0.15) is 44.3 Å². The van der Waals surface area contributed by atoms with Crippen LogP contribution >= 0.6 is 0 Å². The lowest BCUT2D eigenvalue weighted by Crippen LogP contribution is -2.42. The highest BCUT2D eigenvalue weighted by Gasteiger charge is 2.51. The van der Waals surface area contributed by atoms with Gasteiger partial charge in [-0.3, -0.25) is 14.5 Å². The number of aliphatic hydroxyl groups is 1. The van der Waals surface area contributed by atoms with Gasteiger partial charge in [-0.05, 0) is 25.0 Å². The molecule has 1 N–H and O–H groups in total. The van der Waals surface area contributed by atoms with E-state index in [9.17, 15) is 14.7 Å². The van der Waals surface area contributed by atoms with Crippen molar-refractivity contribution in [1.82, 2.24) is 4.90 Å². The van der Waals surface area contributed by atoms with Crippen molar-refractivity contribution in [1.29, 1.82) is 0 Å². The maximum Gasteiger partial charge on any atom is 0.235 e. The number of rotatable bonds is 6. The monoisotopic (exact) mass is 321 g/mol. The molecule has 6 heteroatoms. The van der Waals surface area contributed by atoms with Gasteiger partial charge in [-0.1, -0.05) is 19.3 Å². The number of likely N-dealkylation sites (tertiary alicyclic amines) is 1. The predicted octanol–water partition coefficient (Wildman–Crippen LogP) is 1.87. The van der Waals surface area contributed by atoms with E-state index in [1.807, 2.05) is 0 Å². The molecule has 3 rings (SSSR count). The molecule has 2 aliphatic rings. The first kappa shape index (κ1) is 16.2. The molecule has 126 valence electrons. The summed E-state index contributed by atoms with van der Waals surface area (Å²) in [6.07, 6.45) is 5.69. The smallest absolute Gasteiger partial charge is 0.235 e. The zero-order chi connectivity index (χ0) is 16.3. The van der Waals surface area contributed by atoms with Crippen molar-refractivity contribution in [2.24, 2.45) is 5.41 Å². The van der Waals surface area contributed by atoms with Crippen LogP contribution in [0.3, 0.4) is 0 Å².